The van der Waals surface area contributed by atoms with Crippen LogP contribution in [0.25, 0.3) is 0 Å². The average Bonchev–Trinajstić information content (AvgIpc) is 2.35. The van der Waals surface area contributed by atoms with Crippen LogP contribution in [0.5, 0.6) is 0 Å². The molecular weight excluding hydrogens is 298 g/mol. The van der Waals surface area contributed by atoms with Gasteiger partial charge in [0.05, 0.1) is 6.10 Å². The van der Waals surface area contributed by atoms with E-state index in [1.807, 2.05) is 6.07 Å². The normalized spacial score (nSPS) is 12.0. The predicted octanol–water partition coefficient (Wildman–Crippen LogP) is 2.13. The molecule has 0 heterocycles. The van der Waals surface area contributed by atoms with Crippen molar-refractivity contribution in [3.63, 3.8) is 0 Å². The van der Waals surface area contributed by atoms with Crippen LogP contribution in [0.15, 0.2) is 30.3 Å². The average molecular weight is 314 g/mol. The molecule has 5 heteroatoms. The maximum atomic E-state index is 11.9. The van der Waals surface area contributed by atoms with Crippen molar-refractivity contribution < 1.29 is 14.3 Å². The molecule has 4 nitrogen and oxygen atoms in total. The van der Waals surface area contributed by atoms with Crippen molar-refractivity contribution >= 4 is 27.8 Å². The van der Waals surface area contributed by atoms with Crippen molar-refractivity contribution in [3.8, 4) is 0 Å². The Balaban J connectivity index is 2.64. The maximum absolute atomic E-state index is 11.9. The molecule has 0 radical (unpaired) electrons. The number of carbonyl (C=O) groups is 2. The van der Waals surface area contributed by atoms with Gasteiger partial charge in [0.15, 0.2) is 0 Å². The van der Waals surface area contributed by atoms with Crippen LogP contribution >= 0.6 is 15.9 Å². The minimum atomic E-state index is -0.680. The molecule has 1 atom stereocenters. The number of rotatable bonds is 5. The highest BCUT2D eigenvalue weighted by Crippen LogP contribution is 2.02. The van der Waals surface area contributed by atoms with Gasteiger partial charge in [-0.15, -0.1) is 0 Å². The second kappa shape index (κ2) is 7.16. The number of carbonyl (C=O) groups excluding carboxylic acids is 2. The Labute approximate surface area is 115 Å². The summed E-state index contributed by atoms with van der Waals surface area (Å²) in [6, 6.07) is 8.06. The number of amides is 1. The van der Waals surface area contributed by atoms with Crippen LogP contribution in [0.4, 0.5) is 0 Å². The van der Waals surface area contributed by atoms with E-state index in [1.165, 1.54) is 0 Å². The van der Waals surface area contributed by atoms with Gasteiger partial charge in [0, 0.05) is 10.9 Å². The molecule has 0 spiro atoms. The second-order valence-electron chi connectivity index (χ2n) is 4.03. The quantitative estimate of drug-likeness (QED) is 0.669. The van der Waals surface area contributed by atoms with Gasteiger partial charge in [-0.25, -0.2) is 4.79 Å². The van der Waals surface area contributed by atoms with Gasteiger partial charge >= 0.3 is 5.97 Å². The number of hydrogen-bond donors (Lipinski definition) is 1. The zero-order valence-corrected chi connectivity index (χ0v) is 11.9. The van der Waals surface area contributed by atoms with E-state index in [4.69, 9.17) is 4.74 Å². The Morgan fingerprint density at radius 3 is 2.39 bits per heavy atom. The van der Waals surface area contributed by atoms with Gasteiger partial charge in [0.25, 0.3) is 5.91 Å². The molecule has 1 N–H and O–H groups in total. The van der Waals surface area contributed by atoms with Gasteiger partial charge in [0.2, 0.25) is 0 Å². The van der Waals surface area contributed by atoms with Crippen LogP contribution in [0.2, 0.25) is 0 Å². The number of alkyl halides is 1. The first kappa shape index (κ1) is 14.7. The number of benzene rings is 1. The van der Waals surface area contributed by atoms with Crippen LogP contribution in [-0.2, 0) is 9.53 Å². The first-order chi connectivity index (χ1) is 8.54. The molecule has 0 saturated carbocycles. The summed E-state index contributed by atoms with van der Waals surface area (Å²) >= 11 is 3.19. The molecule has 0 aliphatic heterocycles. The highest BCUT2D eigenvalue weighted by atomic mass is 79.9. The van der Waals surface area contributed by atoms with E-state index in [0.29, 0.717) is 10.9 Å². The Bertz CT molecular complexity index is 406. The standard InChI is InChI=1S/C13H16BrNO3/c1-9(2)18-13(17)11(8-14)15-12(16)10-6-4-3-5-7-10/h3-7,9,11H,8H2,1-2H3,(H,15,16)/t11-/m1/s1. The third kappa shape index (κ3) is 4.49. The van der Waals surface area contributed by atoms with Crippen LogP contribution in [-0.4, -0.2) is 29.4 Å². The van der Waals surface area contributed by atoms with E-state index in [1.54, 1.807) is 38.1 Å². The molecule has 1 amide bonds. The van der Waals surface area contributed by atoms with Gasteiger partial charge in [-0.3, -0.25) is 4.79 Å². The third-order valence-electron chi connectivity index (χ3n) is 2.13. The number of esters is 1. The zero-order valence-electron chi connectivity index (χ0n) is 10.4. The summed E-state index contributed by atoms with van der Waals surface area (Å²) in [6.07, 6.45) is -0.201. The highest BCUT2D eigenvalue weighted by molar-refractivity contribution is 9.09. The van der Waals surface area contributed by atoms with E-state index in [-0.39, 0.29) is 12.0 Å². The van der Waals surface area contributed by atoms with Crippen molar-refractivity contribution in [3.05, 3.63) is 35.9 Å². The molecule has 0 aromatic heterocycles. The van der Waals surface area contributed by atoms with Crippen molar-refractivity contribution in [2.24, 2.45) is 0 Å². The molecule has 0 saturated heterocycles. The van der Waals surface area contributed by atoms with Crippen molar-refractivity contribution in [2.75, 3.05) is 5.33 Å². The molecule has 18 heavy (non-hydrogen) atoms. The van der Waals surface area contributed by atoms with E-state index in [2.05, 4.69) is 21.2 Å². The maximum Gasteiger partial charge on any atom is 0.329 e. The molecule has 1 aromatic rings. The molecule has 0 unspecified atom stereocenters. The van der Waals surface area contributed by atoms with E-state index in [9.17, 15) is 9.59 Å². The topological polar surface area (TPSA) is 55.4 Å². The fourth-order valence-corrected chi connectivity index (χ4v) is 1.73. The summed E-state index contributed by atoms with van der Waals surface area (Å²) < 4.78 is 5.06. The molecule has 0 fully saturated rings. The Morgan fingerprint density at radius 2 is 1.89 bits per heavy atom. The van der Waals surface area contributed by atoms with E-state index in [0.717, 1.165) is 0 Å². The Morgan fingerprint density at radius 1 is 1.28 bits per heavy atom. The number of ether oxygens (including phenoxy) is 1. The lowest BCUT2D eigenvalue weighted by molar-refractivity contribution is -0.149. The van der Waals surface area contributed by atoms with Crippen molar-refractivity contribution in [2.45, 2.75) is 26.0 Å². The van der Waals surface area contributed by atoms with Gasteiger partial charge in [-0.1, -0.05) is 34.1 Å². The lowest BCUT2D eigenvalue weighted by Gasteiger charge is -2.17. The van der Waals surface area contributed by atoms with Crippen LogP contribution in [0.3, 0.4) is 0 Å². The predicted molar refractivity (Wildman–Crippen MR) is 72.7 cm³/mol. The second-order valence-corrected chi connectivity index (χ2v) is 4.68. The summed E-state index contributed by atoms with van der Waals surface area (Å²) in [4.78, 5) is 23.5. The molecule has 1 aromatic carbocycles. The summed E-state index contributed by atoms with van der Waals surface area (Å²) in [5, 5.41) is 2.94. The number of halogens is 1. The summed E-state index contributed by atoms with van der Waals surface area (Å²) in [5.74, 6) is -0.730. The lowest BCUT2D eigenvalue weighted by Crippen LogP contribution is -2.43. The monoisotopic (exact) mass is 313 g/mol. The first-order valence-electron chi connectivity index (χ1n) is 5.67. The molecule has 0 aliphatic rings. The fraction of sp³-hybridized carbons (Fsp3) is 0.385. The smallest absolute Gasteiger partial charge is 0.329 e. The number of hydrogen-bond acceptors (Lipinski definition) is 3. The summed E-state index contributed by atoms with van der Waals surface area (Å²) in [7, 11) is 0. The largest absolute Gasteiger partial charge is 0.461 e. The zero-order chi connectivity index (χ0) is 13.5. The molecule has 1 rings (SSSR count). The Hall–Kier alpha value is -1.36. The van der Waals surface area contributed by atoms with Gasteiger partial charge in [-0.2, -0.15) is 0 Å². The van der Waals surface area contributed by atoms with Gasteiger partial charge in [0.1, 0.15) is 6.04 Å². The molecule has 98 valence electrons. The van der Waals surface area contributed by atoms with E-state index >= 15 is 0 Å². The minimum Gasteiger partial charge on any atom is -0.461 e. The van der Waals surface area contributed by atoms with Crippen LogP contribution in [0.1, 0.15) is 24.2 Å². The van der Waals surface area contributed by atoms with E-state index < -0.39 is 12.0 Å². The summed E-state index contributed by atoms with van der Waals surface area (Å²) in [5.41, 5.74) is 0.515. The molecule has 0 aliphatic carbocycles. The molecule has 0 bridgehead atoms. The SMILES string of the molecule is CC(C)OC(=O)[C@@H](CBr)NC(=O)c1ccccc1. The molecular formula is C13H16BrNO3. The summed E-state index contributed by atoms with van der Waals surface area (Å²) in [6.45, 7) is 3.53. The number of nitrogens with one attached hydrogen (secondary N) is 1. The third-order valence-corrected chi connectivity index (χ3v) is 2.78. The minimum absolute atomic E-state index is 0.201. The van der Waals surface area contributed by atoms with Gasteiger partial charge in [-0.05, 0) is 26.0 Å². The first-order valence-corrected chi connectivity index (χ1v) is 6.79. The Kier molecular flexibility index (Phi) is 5.85. The fourth-order valence-electron chi connectivity index (χ4n) is 1.31. The lowest BCUT2D eigenvalue weighted by atomic mass is 10.2. The van der Waals surface area contributed by atoms with Crippen LogP contribution in [0, 0.1) is 0 Å². The van der Waals surface area contributed by atoms with Crippen molar-refractivity contribution in [1.29, 1.82) is 0 Å². The van der Waals surface area contributed by atoms with Crippen molar-refractivity contribution in [1.82, 2.24) is 5.32 Å². The van der Waals surface area contributed by atoms with Gasteiger partial charge < -0.3 is 10.1 Å². The highest BCUT2D eigenvalue weighted by Gasteiger charge is 2.22. The van der Waals surface area contributed by atoms with Crippen LogP contribution < -0.4 is 5.32 Å².